The van der Waals surface area contributed by atoms with E-state index in [2.05, 4.69) is 9.05 Å². The Bertz CT molecular complexity index is 3540. The van der Waals surface area contributed by atoms with Gasteiger partial charge in [0, 0.05) is 83.3 Å². The van der Waals surface area contributed by atoms with E-state index in [1.54, 1.807) is 0 Å². The Labute approximate surface area is 636 Å². The molecule has 24 N–H and O–H groups in total. The van der Waals surface area contributed by atoms with Gasteiger partial charge in [-0.2, -0.15) is 0 Å². The van der Waals surface area contributed by atoms with Crippen LogP contribution < -0.4 is 0 Å². The molecule has 4 aliphatic carbocycles. The monoisotopic (exact) mass is 1910 g/mol. The van der Waals surface area contributed by atoms with Crippen LogP contribution in [-0.4, -0.2) is 347 Å². The summed E-state index contributed by atoms with van der Waals surface area (Å²) in [5, 5.41) is 0. The van der Waals surface area contributed by atoms with Crippen LogP contribution in [0.2, 0.25) is 0 Å². The number of hydrogen-bond acceptors (Lipinski definition) is 36. The molecule has 60 nitrogen and oxygen atoms in total. The van der Waals surface area contributed by atoms with Gasteiger partial charge < -0.3 is 174 Å². The van der Waals surface area contributed by atoms with Gasteiger partial charge in [0.25, 0.3) is 0 Å². The average Bonchev–Trinajstić information content (AvgIpc) is 0.770. The molecule has 0 aromatic rings. The van der Waals surface area contributed by atoms with E-state index in [9.17, 15) is 172 Å². The highest BCUT2D eigenvalue weighted by atomic mass is 31.2. The van der Waals surface area contributed by atoms with Gasteiger partial charge in [-0.1, -0.05) is 0 Å². The normalized spacial score (nSPS) is 33.3. The van der Waals surface area contributed by atoms with E-state index >= 15 is 0 Å². The van der Waals surface area contributed by atoms with Crippen LogP contribution in [0.4, 0.5) is 0 Å². The maximum atomic E-state index is 12.9. The predicted molar refractivity (Wildman–Crippen MR) is 349 cm³/mol. The summed E-state index contributed by atoms with van der Waals surface area (Å²) in [6.45, 7) is -5.02. The zero-order valence-corrected chi connectivity index (χ0v) is 69.5. The maximum absolute atomic E-state index is 12.9. The summed E-state index contributed by atoms with van der Waals surface area (Å²) >= 11 is 0. The van der Waals surface area contributed by atoms with Gasteiger partial charge >= 0.3 is 93.9 Å². The number of phosphoric ester groups is 12. The molecule has 0 aromatic carbocycles. The fourth-order valence-electron chi connectivity index (χ4n) is 13.1. The molecule has 0 aliphatic heterocycles. The second-order valence-corrected chi connectivity index (χ2v) is 38.5. The van der Waals surface area contributed by atoms with Crippen molar-refractivity contribution in [2.45, 2.75) is 172 Å². The Morgan fingerprint density at radius 2 is 0.257 bits per heavy atom. The predicted octanol–water partition coefficient (Wildman–Crippen LogP) is -5.02. The molecule has 2 unspecified atom stereocenters. The quantitative estimate of drug-likeness (QED) is 0.0254. The summed E-state index contributed by atoms with van der Waals surface area (Å²) in [5.41, 5.74) is -2.38. The van der Waals surface area contributed by atoms with Crippen LogP contribution in [0.25, 0.3) is 0 Å². The molecule has 4 fully saturated rings. The zero-order valence-electron chi connectivity index (χ0n) is 58.8. The van der Waals surface area contributed by atoms with Gasteiger partial charge in [-0.05, 0) is 31.1 Å². The Morgan fingerprint density at radius 1 is 0.168 bits per heavy atom. The number of rotatable bonds is 48. The lowest BCUT2D eigenvalue weighted by Gasteiger charge is -2.49. The fraction of sp³-hybridized carbons (Fsp3) is 1.00. The Balaban J connectivity index is 2.25. The zero-order chi connectivity index (χ0) is 87.0. The lowest BCUT2D eigenvalue weighted by atomic mass is 9.75. The first-order chi connectivity index (χ1) is 51.1. The molecule has 0 amide bonds. The topological polar surface area (TPSA) is 912 Å². The minimum absolute atomic E-state index is 0.556. The van der Waals surface area contributed by atoms with Gasteiger partial charge in [0.15, 0.2) is 0 Å². The SMILES string of the molecule is CO[C@@H]1[C@@H](OP(=O)(O)O)[C@H](OC)[C@H](OCCC(CCOC2[C@@H](OC)[C@H](OP(=O)(O)O)[C@@H](OP(=O)(O)O)[C@H](OP(=O)(O)O)[C@H]2OC)(CCO[C@H]2[C@@H](OC)[C@H](OP(=O)(O)O)[C@@H](OP(=O)(O)O)[C@H](OP(=O)(O)O)[C@H]2OP(=O)(O)O)CCO[C@H]2[C@@H](OP(=O)(O)O)[C@H](OC)[C@@H](OC)[C@H](OP(=O)(O)O)[C@H]2OP(=O)(O)O)[C@H](OC)[C@H]1OP(=O)(O)O. The highest BCUT2D eigenvalue weighted by Crippen LogP contribution is 2.58. The molecule has 0 spiro atoms. The molecular weight excluding hydrogens is 1820 g/mol. The summed E-state index contributed by atoms with van der Waals surface area (Å²) in [6, 6.07) is 0. The van der Waals surface area contributed by atoms with Crippen molar-refractivity contribution in [2.75, 3.05) is 83.3 Å². The van der Waals surface area contributed by atoms with E-state index in [4.69, 9.17) is 102 Å². The van der Waals surface area contributed by atoms with Crippen molar-refractivity contribution in [3.63, 3.8) is 0 Å². The van der Waals surface area contributed by atoms with Gasteiger partial charge in [0.2, 0.25) is 0 Å². The van der Waals surface area contributed by atoms with Crippen molar-refractivity contribution < 1.29 is 283 Å². The summed E-state index contributed by atoms with van der Waals surface area (Å²) in [7, 11) is -67.5. The van der Waals surface area contributed by atoms with Crippen molar-refractivity contribution in [1.29, 1.82) is 0 Å². The van der Waals surface area contributed by atoms with Gasteiger partial charge in [-0.15, -0.1) is 0 Å². The second-order valence-electron chi connectivity index (χ2n) is 24.2. The smallest absolute Gasteiger partial charge is 0.376 e. The third-order valence-corrected chi connectivity index (χ3v) is 23.0. The molecule has 0 saturated heterocycles. The standard InChI is InChI=1S/C41H88O60P12/c1-78-17-18(79-2)32(93-105(51,52)53)37(98-110(66,67)68)28(31(17)92-104(48,49)50)89-16-12-41(9-13-86-25-19(80-3)29(90-102(42,43)44)24(85-8)30(20(25)81-4)91-103(45,46)47,10-14-87-26-21(82-5)33(94-106(54,55)56)38(99-111(69,70)71)34(22(26)83-6)95-107(57,58)59)11-15-88-27-23(84-7)35(96-108(60,61)62)39(100-112(72,73)74)40(101-113(75,76)77)36(27)97-109(63,64)65/h17-40H,9-16H2,1-8H3,(H2,42,43,44)(H2,45,46,47)(H2,48,49,50)(H2,51,52,53)(H2,54,55,56)(H2,57,58,59)(H2,60,61,62)(H2,63,64,65)(H2,66,67,68)(H2,69,70,71)(H2,72,73,74)(H2,75,76,77)/t17-,18-,19-,20+,21-,22+,23-,24-,25+,26?,27+,28+,29+,30-,31+,32+,33+,34-,35+,36+,37+,38-,39-,40-,41?/m1/s1. The molecule has 4 saturated carbocycles. The fourth-order valence-corrected chi connectivity index (χ4v) is 19.8. The van der Waals surface area contributed by atoms with Crippen molar-refractivity contribution in [3.8, 4) is 0 Å². The number of phosphoric acid groups is 12. The molecule has 672 valence electrons. The Hall–Kier alpha value is 0.840. The first-order valence-corrected chi connectivity index (χ1v) is 49.0. The van der Waals surface area contributed by atoms with Crippen LogP contribution in [0.1, 0.15) is 25.7 Å². The summed E-state index contributed by atoms with van der Waals surface area (Å²) in [4.78, 5) is 244. The first kappa shape index (κ1) is 106. The lowest BCUT2D eigenvalue weighted by molar-refractivity contribution is -0.248. The van der Waals surface area contributed by atoms with Crippen molar-refractivity contribution in [2.24, 2.45) is 5.41 Å². The molecular formula is C41H88O60P12. The van der Waals surface area contributed by atoms with E-state index in [1.807, 2.05) is 0 Å². The third-order valence-electron chi connectivity index (χ3n) is 16.8. The highest BCUT2D eigenvalue weighted by Gasteiger charge is 2.64. The summed E-state index contributed by atoms with van der Waals surface area (Å²) in [6.07, 6.45) is -65.1. The third kappa shape index (κ3) is 34.4. The summed E-state index contributed by atoms with van der Waals surface area (Å²) in [5.74, 6) is 0. The molecule has 4 aliphatic rings. The van der Waals surface area contributed by atoms with Gasteiger partial charge in [-0.25, -0.2) is 54.8 Å². The minimum atomic E-state index is -6.35. The molecule has 72 heteroatoms. The van der Waals surface area contributed by atoms with Crippen LogP contribution in [0.5, 0.6) is 0 Å². The highest BCUT2D eigenvalue weighted by molar-refractivity contribution is 7.49. The molecule has 113 heavy (non-hydrogen) atoms. The first-order valence-electron chi connectivity index (χ1n) is 30.7. The largest absolute Gasteiger partial charge is 0.470 e. The van der Waals surface area contributed by atoms with Crippen LogP contribution in [-0.2, 0) is 166 Å². The lowest BCUT2D eigenvalue weighted by Crippen LogP contribution is -2.67. The number of hydrogen-bond donors (Lipinski definition) is 24. The van der Waals surface area contributed by atoms with Gasteiger partial charge in [-0.3, -0.25) is 54.3 Å². The van der Waals surface area contributed by atoms with Crippen molar-refractivity contribution >= 4 is 93.9 Å². The Morgan fingerprint density at radius 3 is 0.398 bits per heavy atom. The Kier molecular flexibility index (Phi) is 39.7. The van der Waals surface area contributed by atoms with Crippen molar-refractivity contribution in [1.82, 2.24) is 0 Å². The van der Waals surface area contributed by atoms with E-state index in [0.717, 1.165) is 35.5 Å². The number of ether oxygens (including phenoxy) is 12. The minimum Gasteiger partial charge on any atom is -0.376 e. The van der Waals surface area contributed by atoms with Crippen LogP contribution in [0, 0.1) is 5.41 Å². The second kappa shape index (κ2) is 42.2. The maximum Gasteiger partial charge on any atom is 0.470 e. The molecule has 25 atom stereocenters. The summed E-state index contributed by atoms with van der Waals surface area (Å²) < 4.78 is 279. The van der Waals surface area contributed by atoms with Crippen LogP contribution in [0.15, 0.2) is 0 Å². The van der Waals surface area contributed by atoms with E-state index in [-0.39, 0.29) is 0 Å². The molecule has 0 heterocycles. The van der Waals surface area contributed by atoms with E-state index < -0.39 is 298 Å². The average molecular weight is 1910 g/mol. The molecule has 4 rings (SSSR count). The van der Waals surface area contributed by atoms with E-state index in [0.29, 0.717) is 21.3 Å². The number of methoxy groups -OCH3 is 8. The van der Waals surface area contributed by atoms with Crippen LogP contribution >= 0.6 is 93.9 Å². The van der Waals surface area contributed by atoms with Gasteiger partial charge in [0.1, 0.15) is 146 Å². The molecule has 0 bridgehead atoms. The molecule has 0 aromatic heterocycles. The van der Waals surface area contributed by atoms with Crippen molar-refractivity contribution in [3.05, 3.63) is 0 Å². The van der Waals surface area contributed by atoms with Gasteiger partial charge in [0.05, 0.1) is 0 Å². The molecule has 0 radical (unpaired) electrons. The van der Waals surface area contributed by atoms with E-state index in [1.165, 1.54) is 0 Å². The van der Waals surface area contributed by atoms with Crippen LogP contribution in [0.3, 0.4) is 0 Å².